The molecule has 0 fully saturated rings. The second-order valence-corrected chi connectivity index (χ2v) is 18.6. The summed E-state index contributed by atoms with van der Waals surface area (Å²) in [4.78, 5) is 0. The maximum Gasteiger partial charge on any atom is 0.226 e. The molecule has 176 valence electrons. The molecule has 0 aliphatic heterocycles. The first-order valence-corrected chi connectivity index (χ1v) is 13.0. The average molecular weight is 799 g/mol. The van der Waals surface area contributed by atoms with Crippen LogP contribution in [0.2, 0.25) is 0 Å². The maximum absolute atomic E-state index is 11.0. The van der Waals surface area contributed by atoms with Crippen molar-refractivity contribution in [2.24, 2.45) is 0 Å². The fourth-order valence-corrected chi connectivity index (χ4v) is 8.35. The Morgan fingerprint density at radius 2 is 0.483 bits per heavy atom. The zero-order valence-corrected chi connectivity index (χ0v) is 26.5. The lowest BCUT2D eigenvalue weighted by atomic mass is 9.94. The standard InChI is InChI=1S/C9HCl19O/c10-2(11,1(29,7(20,21)22)8(23,24)25)3(12,13)4(14,15)5(16,17)6(18,19)9(26,27)28/h29H. The summed E-state index contributed by atoms with van der Waals surface area (Å²) in [5.74, 6) is 0. The van der Waals surface area contributed by atoms with Crippen molar-refractivity contribution in [2.75, 3.05) is 0 Å². The van der Waals surface area contributed by atoms with Gasteiger partial charge in [0, 0.05) is 0 Å². The fourth-order valence-electron chi connectivity index (χ4n) is 1.51. The molecule has 0 saturated heterocycles. The first-order valence-electron chi connectivity index (χ1n) is 5.81. The molecule has 1 nitrogen and oxygen atoms in total. The summed E-state index contributed by atoms with van der Waals surface area (Å²) in [5, 5.41) is 11.0. The number of halogens is 19. The van der Waals surface area contributed by atoms with Crippen molar-refractivity contribution in [1.82, 2.24) is 0 Å². The van der Waals surface area contributed by atoms with Crippen LogP contribution in [-0.4, -0.2) is 43.8 Å². The van der Waals surface area contributed by atoms with Crippen molar-refractivity contribution in [3.05, 3.63) is 0 Å². The molecule has 0 bridgehead atoms. The fraction of sp³-hybridized carbons (Fsp3) is 1.00. The highest BCUT2D eigenvalue weighted by molar-refractivity contribution is 6.83. The minimum absolute atomic E-state index is 2.68. The largest absolute Gasteiger partial charge is 0.378 e. The minimum Gasteiger partial charge on any atom is -0.378 e. The Morgan fingerprint density at radius 3 is 0.690 bits per heavy atom. The molecule has 0 amide bonds. The van der Waals surface area contributed by atoms with Gasteiger partial charge in [-0.05, 0) is 0 Å². The average Bonchev–Trinajstić information content (AvgIpc) is 2.41. The van der Waals surface area contributed by atoms with E-state index in [9.17, 15) is 5.11 Å². The van der Waals surface area contributed by atoms with E-state index in [0.29, 0.717) is 0 Å². The van der Waals surface area contributed by atoms with Gasteiger partial charge in [0.1, 0.15) is 0 Å². The third-order valence-electron chi connectivity index (χ3n) is 3.21. The minimum atomic E-state index is -3.48. The summed E-state index contributed by atoms with van der Waals surface area (Å²) in [6, 6.07) is 0. The Morgan fingerprint density at radius 1 is 0.276 bits per heavy atom. The topological polar surface area (TPSA) is 20.2 Å². The summed E-state index contributed by atoms with van der Waals surface area (Å²) < 4.78 is -24.4. The van der Waals surface area contributed by atoms with Crippen molar-refractivity contribution in [3.63, 3.8) is 0 Å². The van der Waals surface area contributed by atoms with E-state index in [4.69, 9.17) is 220 Å². The molecular weight excluding hydrogens is 798 g/mol. The lowest BCUT2D eigenvalue weighted by Gasteiger charge is -2.56. The van der Waals surface area contributed by atoms with Crippen LogP contribution < -0.4 is 0 Å². The highest BCUT2D eigenvalue weighted by Gasteiger charge is 2.84. The van der Waals surface area contributed by atoms with Gasteiger partial charge in [-0.25, -0.2) is 0 Å². The normalized spacial score (nSPS) is 17.0. The highest BCUT2D eigenvalue weighted by atomic mass is 35.6. The van der Waals surface area contributed by atoms with Gasteiger partial charge in [-0.15, -0.1) is 0 Å². The zero-order valence-electron chi connectivity index (χ0n) is 12.1. The van der Waals surface area contributed by atoms with Crippen molar-refractivity contribution in [1.29, 1.82) is 0 Å². The molecule has 0 unspecified atom stereocenters. The van der Waals surface area contributed by atoms with E-state index in [2.05, 4.69) is 0 Å². The molecule has 0 atom stereocenters. The summed E-state index contributed by atoms with van der Waals surface area (Å²) >= 11 is 112. The van der Waals surface area contributed by atoms with Crippen LogP contribution in [0.1, 0.15) is 0 Å². The second-order valence-electron chi connectivity index (χ2n) is 5.08. The van der Waals surface area contributed by atoms with Crippen molar-refractivity contribution in [2.45, 2.75) is 38.6 Å². The second kappa shape index (κ2) is 9.98. The molecular formula is C9HCl19O. The van der Waals surface area contributed by atoms with E-state index < -0.39 is 38.6 Å². The van der Waals surface area contributed by atoms with Crippen LogP contribution in [0.4, 0.5) is 0 Å². The van der Waals surface area contributed by atoms with Crippen LogP contribution in [0.5, 0.6) is 0 Å². The van der Waals surface area contributed by atoms with Gasteiger partial charge >= 0.3 is 0 Å². The van der Waals surface area contributed by atoms with Gasteiger partial charge in [0.2, 0.25) is 15.7 Å². The van der Waals surface area contributed by atoms with Crippen molar-refractivity contribution in [3.8, 4) is 0 Å². The molecule has 29 heavy (non-hydrogen) atoms. The smallest absolute Gasteiger partial charge is 0.226 e. The summed E-state index contributed by atoms with van der Waals surface area (Å²) in [5.41, 5.74) is -3.48. The molecule has 0 aromatic heterocycles. The molecule has 0 aliphatic rings. The third-order valence-corrected chi connectivity index (χ3v) is 13.5. The van der Waals surface area contributed by atoms with Gasteiger partial charge in [0.05, 0.1) is 0 Å². The number of hydrogen-bond donors (Lipinski definition) is 1. The Kier molecular flexibility index (Phi) is 11.9. The molecule has 0 aromatic carbocycles. The van der Waals surface area contributed by atoms with Gasteiger partial charge in [-0.3, -0.25) is 0 Å². The Labute approximate surface area is 260 Å². The number of aliphatic hydroxyl groups is 1. The quantitative estimate of drug-likeness (QED) is 0.275. The van der Waals surface area contributed by atoms with E-state index >= 15 is 0 Å². The first kappa shape index (κ1) is 34.5. The summed E-state index contributed by atoms with van der Waals surface area (Å²) in [6.45, 7) is 0. The monoisotopic (exact) mass is 789 g/mol. The zero-order chi connectivity index (χ0) is 24.5. The van der Waals surface area contributed by atoms with E-state index in [1.807, 2.05) is 0 Å². The lowest BCUT2D eigenvalue weighted by molar-refractivity contribution is 0.0231. The van der Waals surface area contributed by atoms with Crippen LogP contribution in [0.3, 0.4) is 0 Å². The van der Waals surface area contributed by atoms with Gasteiger partial charge in [0.25, 0.3) is 0 Å². The highest BCUT2D eigenvalue weighted by Crippen LogP contribution is 2.73. The van der Waals surface area contributed by atoms with Crippen LogP contribution in [-0.2, 0) is 0 Å². The molecule has 0 aliphatic carbocycles. The third kappa shape index (κ3) is 5.52. The molecule has 0 heterocycles. The Balaban J connectivity index is 7.04. The van der Waals surface area contributed by atoms with Gasteiger partial charge in [0.15, 0.2) is 22.9 Å². The predicted octanol–water partition coefficient (Wildman–Crippen LogP) is 10.7. The maximum atomic E-state index is 11.0. The molecule has 0 aromatic rings. The molecule has 0 spiro atoms. The van der Waals surface area contributed by atoms with Crippen LogP contribution in [0.25, 0.3) is 0 Å². The van der Waals surface area contributed by atoms with Crippen LogP contribution in [0.15, 0.2) is 0 Å². The van der Waals surface area contributed by atoms with E-state index in [1.165, 1.54) is 0 Å². The lowest BCUT2D eigenvalue weighted by Crippen LogP contribution is -2.75. The summed E-state index contributed by atoms with van der Waals surface area (Å²) in [6.07, 6.45) is 0. The molecule has 20 heteroatoms. The van der Waals surface area contributed by atoms with E-state index in [1.54, 1.807) is 0 Å². The van der Waals surface area contributed by atoms with Crippen molar-refractivity contribution >= 4 is 220 Å². The first-order chi connectivity index (χ1) is 12.0. The SMILES string of the molecule is OC(C(Cl)(Cl)Cl)(C(Cl)(Cl)Cl)C(Cl)(Cl)C(Cl)(Cl)C(Cl)(Cl)C(Cl)(Cl)C(Cl)(Cl)C(Cl)(Cl)Cl. The van der Waals surface area contributed by atoms with E-state index in [-0.39, 0.29) is 0 Å². The number of alkyl halides is 19. The van der Waals surface area contributed by atoms with Crippen LogP contribution in [0, 0.1) is 0 Å². The Bertz CT molecular complexity index is 589. The van der Waals surface area contributed by atoms with Crippen molar-refractivity contribution < 1.29 is 5.11 Å². The van der Waals surface area contributed by atoms with Gasteiger partial charge < -0.3 is 5.11 Å². The van der Waals surface area contributed by atoms with E-state index in [0.717, 1.165) is 0 Å². The predicted molar refractivity (Wildman–Crippen MR) is 138 cm³/mol. The van der Waals surface area contributed by atoms with Gasteiger partial charge in [-0.2, -0.15) is 0 Å². The Hall–Kier alpha value is 5.47. The number of hydrogen-bond acceptors (Lipinski definition) is 1. The molecule has 0 rings (SSSR count). The van der Waals surface area contributed by atoms with Crippen LogP contribution >= 0.6 is 220 Å². The molecule has 0 radical (unpaired) electrons. The molecule has 1 N–H and O–H groups in total. The summed E-state index contributed by atoms with van der Waals surface area (Å²) in [7, 11) is 0. The number of rotatable bonds is 5. The van der Waals surface area contributed by atoms with Gasteiger partial charge in [-0.1, -0.05) is 220 Å². The molecule has 0 saturated carbocycles.